The van der Waals surface area contributed by atoms with Gasteiger partial charge in [0, 0.05) is 12.0 Å². The van der Waals surface area contributed by atoms with Gasteiger partial charge in [-0.1, -0.05) is 17.7 Å². The number of sulfonamides is 1. The maximum atomic E-state index is 12.1. The lowest BCUT2D eigenvalue weighted by Crippen LogP contribution is -2.33. The van der Waals surface area contributed by atoms with E-state index < -0.39 is 17.6 Å². The van der Waals surface area contributed by atoms with E-state index in [0.29, 0.717) is 0 Å². The molecule has 0 aromatic heterocycles. The molecule has 0 radical (unpaired) electrons. The van der Waals surface area contributed by atoms with Crippen LogP contribution < -0.4 is 10.3 Å². The fourth-order valence-corrected chi connectivity index (χ4v) is 3.56. The summed E-state index contributed by atoms with van der Waals surface area (Å²) in [7, 11) is -7.06. The molecule has 0 fully saturated rings. The quantitative estimate of drug-likeness (QED) is 0.526. The van der Waals surface area contributed by atoms with Crippen LogP contribution in [0.15, 0.2) is 41.2 Å². The number of aryl methyl sites for hydroxylation is 1. The summed E-state index contributed by atoms with van der Waals surface area (Å²) in [5.74, 6) is 1.16. The number of benzene rings is 1. The van der Waals surface area contributed by atoms with E-state index in [4.69, 9.17) is 9.05 Å². The molecule has 0 heterocycles. The van der Waals surface area contributed by atoms with Gasteiger partial charge in [0.05, 0.1) is 18.1 Å². The zero-order valence-electron chi connectivity index (χ0n) is 12.8. The second-order valence-electron chi connectivity index (χ2n) is 4.25. The molecule has 22 heavy (non-hydrogen) atoms. The van der Waals surface area contributed by atoms with Gasteiger partial charge in [-0.25, -0.2) is 8.42 Å². The zero-order valence-corrected chi connectivity index (χ0v) is 14.5. The summed E-state index contributed by atoms with van der Waals surface area (Å²) in [5.41, 5.74) is 3.32. The summed E-state index contributed by atoms with van der Waals surface area (Å²) in [4.78, 5) is 2.28. The Labute approximate surface area is 131 Å². The molecule has 9 heteroatoms. The smallest absolute Gasteiger partial charge is 0.315 e. The van der Waals surface area contributed by atoms with E-state index in [1.165, 1.54) is 18.3 Å². The Morgan fingerprint density at radius 2 is 1.68 bits per heavy atom. The molecule has 0 saturated carbocycles. The van der Waals surface area contributed by atoms with Gasteiger partial charge >= 0.3 is 7.60 Å². The summed E-state index contributed by atoms with van der Waals surface area (Å²) >= 11 is 0. The van der Waals surface area contributed by atoms with Gasteiger partial charge in [-0.05, 0) is 32.9 Å². The first-order chi connectivity index (χ1) is 10.3. The molecule has 0 aliphatic rings. The second kappa shape index (κ2) is 8.45. The Morgan fingerprint density at radius 1 is 1.14 bits per heavy atom. The molecular weight excluding hydrogens is 327 g/mol. The zero-order chi connectivity index (χ0) is 16.6. The van der Waals surface area contributed by atoms with Crippen molar-refractivity contribution < 1.29 is 22.0 Å². The van der Waals surface area contributed by atoms with Crippen LogP contribution >= 0.6 is 7.60 Å². The minimum absolute atomic E-state index is 0.122. The van der Waals surface area contributed by atoms with Crippen molar-refractivity contribution in [1.29, 1.82) is 0 Å². The van der Waals surface area contributed by atoms with E-state index in [1.807, 2.05) is 6.92 Å². The Morgan fingerprint density at radius 3 is 2.18 bits per heavy atom. The minimum Gasteiger partial charge on any atom is -0.315 e. The molecule has 0 saturated heterocycles. The Balaban J connectivity index is 2.67. The van der Waals surface area contributed by atoms with Crippen molar-refractivity contribution in [3.63, 3.8) is 0 Å². The summed E-state index contributed by atoms with van der Waals surface area (Å²) in [6, 6.07) is 6.38. The number of hydrogen-bond donors (Lipinski definition) is 2. The van der Waals surface area contributed by atoms with Crippen LogP contribution in [0, 0.1) is 6.92 Å². The Bertz CT molecular complexity index is 633. The monoisotopic (exact) mass is 348 g/mol. The molecule has 2 N–H and O–H groups in total. The van der Waals surface area contributed by atoms with Crippen LogP contribution in [0.3, 0.4) is 0 Å². The van der Waals surface area contributed by atoms with Crippen molar-refractivity contribution in [3.8, 4) is 0 Å². The van der Waals surface area contributed by atoms with Crippen LogP contribution in [-0.2, 0) is 23.6 Å². The van der Waals surface area contributed by atoms with E-state index in [1.54, 1.807) is 26.0 Å². The molecule has 0 aliphatic carbocycles. The van der Waals surface area contributed by atoms with Crippen molar-refractivity contribution in [1.82, 2.24) is 10.3 Å². The Hall–Kier alpha value is -1.18. The molecule has 7 nitrogen and oxygen atoms in total. The number of hydrogen-bond acceptors (Lipinski definition) is 6. The number of rotatable bonds is 9. The van der Waals surface area contributed by atoms with E-state index in [0.717, 1.165) is 11.4 Å². The van der Waals surface area contributed by atoms with Gasteiger partial charge in [0.2, 0.25) is 0 Å². The predicted octanol–water partition coefficient (Wildman–Crippen LogP) is 2.52. The number of nitrogens with one attached hydrogen (secondary N) is 2. The van der Waals surface area contributed by atoms with E-state index >= 15 is 0 Å². The molecule has 1 aromatic carbocycles. The maximum Gasteiger partial charge on any atom is 0.355 e. The van der Waals surface area contributed by atoms with E-state index in [9.17, 15) is 13.0 Å². The lowest BCUT2D eigenvalue weighted by Gasteiger charge is -2.12. The van der Waals surface area contributed by atoms with Gasteiger partial charge < -0.3 is 14.5 Å². The molecule has 0 amide bonds. The van der Waals surface area contributed by atoms with Crippen LogP contribution in [0.5, 0.6) is 0 Å². The second-order valence-corrected chi connectivity index (χ2v) is 7.83. The number of hydrazine groups is 1. The van der Waals surface area contributed by atoms with Crippen molar-refractivity contribution >= 4 is 17.6 Å². The van der Waals surface area contributed by atoms with Crippen LogP contribution in [0.2, 0.25) is 0 Å². The van der Waals surface area contributed by atoms with Crippen molar-refractivity contribution in [2.24, 2.45) is 0 Å². The predicted molar refractivity (Wildman–Crippen MR) is 84.6 cm³/mol. The van der Waals surface area contributed by atoms with E-state index in [2.05, 4.69) is 10.3 Å². The van der Waals surface area contributed by atoms with Crippen LogP contribution in [0.25, 0.3) is 0 Å². The first-order valence-electron chi connectivity index (χ1n) is 6.73. The summed E-state index contributed by atoms with van der Waals surface area (Å²) in [5, 5.41) is 0. The first-order valence-corrected chi connectivity index (χ1v) is 9.83. The highest BCUT2D eigenvalue weighted by molar-refractivity contribution is 7.89. The largest absolute Gasteiger partial charge is 0.355 e. The highest BCUT2D eigenvalue weighted by atomic mass is 32.2. The standard InChI is InChI=1S/C13H21N2O5PS/c1-4-19-21(16,20-5-2)11-10-14-15-22(17,18)13-8-6-12(3)7-9-13/h6-11,14-15H,4-5H2,1-3H3/b11-10+. The molecule has 1 aromatic rings. The third-order valence-electron chi connectivity index (χ3n) is 2.48. The maximum absolute atomic E-state index is 12.1. The normalized spacial score (nSPS) is 12.7. The molecule has 0 aliphatic heterocycles. The average Bonchev–Trinajstić information content (AvgIpc) is 2.45. The molecular formula is C13H21N2O5PS. The van der Waals surface area contributed by atoms with Crippen molar-refractivity contribution in [3.05, 3.63) is 41.8 Å². The highest BCUT2D eigenvalue weighted by Gasteiger charge is 2.19. The third kappa shape index (κ3) is 5.90. The van der Waals surface area contributed by atoms with Gasteiger partial charge in [-0.2, -0.15) is 0 Å². The minimum atomic E-state index is -3.70. The highest BCUT2D eigenvalue weighted by Crippen LogP contribution is 2.49. The van der Waals surface area contributed by atoms with Crippen molar-refractivity contribution in [2.75, 3.05) is 13.2 Å². The lowest BCUT2D eigenvalue weighted by molar-refractivity contribution is 0.228. The average molecular weight is 348 g/mol. The third-order valence-corrected chi connectivity index (χ3v) is 5.51. The molecule has 1 rings (SSSR count). The molecule has 0 spiro atoms. The summed E-state index contributed by atoms with van der Waals surface area (Å²) in [6.45, 7) is 5.68. The molecule has 0 unspecified atom stereocenters. The van der Waals surface area contributed by atoms with Crippen LogP contribution in [0.1, 0.15) is 19.4 Å². The Kier molecular flexibility index (Phi) is 7.25. The van der Waals surface area contributed by atoms with Gasteiger partial charge in [0.15, 0.2) is 0 Å². The summed E-state index contributed by atoms with van der Waals surface area (Å²) < 4.78 is 46.1. The fourth-order valence-electron chi connectivity index (χ4n) is 1.50. The van der Waals surface area contributed by atoms with Gasteiger partial charge in [-0.3, -0.25) is 4.57 Å². The summed E-state index contributed by atoms with van der Waals surface area (Å²) in [6.07, 6.45) is 1.18. The van der Waals surface area contributed by atoms with Gasteiger partial charge in [0.25, 0.3) is 10.0 Å². The first kappa shape index (κ1) is 18.9. The van der Waals surface area contributed by atoms with Crippen LogP contribution in [-0.4, -0.2) is 21.6 Å². The SMILES string of the molecule is CCOP(=O)(/C=C/NNS(=O)(=O)c1ccc(C)cc1)OCC. The topological polar surface area (TPSA) is 93.7 Å². The molecule has 124 valence electrons. The fraction of sp³-hybridized carbons (Fsp3) is 0.385. The van der Waals surface area contributed by atoms with Crippen LogP contribution in [0.4, 0.5) is 0 Å². The van der Waals surface area contributed by atoms with E-state index in [-0.39, 0.29) is 18.1 Å². The molecule has 0 bridgehead atoms. The molecule has 0 atom stereocenters. The van der Waals surface area contributed by atoms with Gasteiger partial charge in [-0.15, -0.1) is 4.83 Å². The lowest BCUT2D eigenvalue weighted by atomic mass is 10.2. The van der Waals surface area contributed by atoms with Crippen molar-refractivity contribution in [2.45, 2.75) is 25.7 Å². The van der Waals surface area contributed by atoms with Gasteiger partial charge in [0.1, 0.15) is 0 Å².